The van der Waals surface area contributed by atoms with Crippen molar-refractivity contribution < 1.29 is 9.47 Å². The van der Waals surface area contributed by atoms with Gasteiger partial charge in [0, 0.05) is 19.9 Å². The summed E-state index contributed by atoms with van der Waals surface area (Å²) in [6.07, 6.45) is 3.43. The van der Waals surface area contributed by atoms with Crippen LogP contribution in [0.5, 0.6) is 0 Å². The minimum Gasteiger partial charge on any atom is -0.398 e. The van der Waals surface area contributed by atoms with Gasteiger partial charge in [-0.1, -0.05) is 17.7 Å². The molecule has 3 nitrogen and oxygen atoms in total. The number of benzene rings is 1. The third-order valence-corrected chi connectivity index (χ3v) is 2.46. The predicted octanol–water partition coefficient (Wildman–Crippen LogP) is 2.52. The Balaban J connectivity index is 2.96. The van der Waals surface area contributed by atoms with Crippen molar-refractivity contribution in [3.8, 4) is 0 Å². The smallest absolute Gasteiger partial charge is 0.176 e. The van der Waals surface area contributed by atoms with Crippen LogP contribution in [-0.2, 0) is 9.47 Å². The number of rotatable bonds is 4. The fourth-order valence-corrected chi connectivity index (χ4v) is 1.59. The van der Waals surface area contributed by atoms with Gasteiger partial charge in [0.05, 0.1) is 0 Å². The summed E-state index contributed by atoms with van der Waals surface area (Å²) in [6, 6.07) is 4.11. The Morgan fingerprint density at radius 1 is 1.19 bits per heavy atom. The summed E-state index contributed by atoms with van der Waals surface area (Å²) >= 11 is 0. The van der Waals surface area contributed by atoms with E-state index in [9.17, 15) is 0 Å². The molecule has 2 N–H and O–H groups in total. The van der Waals surface area contributed by atoms with Crippen molar-refractivity contribution in [2.75, 3.05) is 20.0 Å². The lowest BCUT2D eigenvalue weighted by molar-refractivity contribution is -0.0660. The van der Waals surface area contributed by atoms with E-state index >= 15 is 0 Å². The van der Waals surface area contributed by atoms with Crippen molar-refractivity contribution >= 4 is 11.8 Å². The van der Waals surface area contributed by atoms with Gasteiger partial charge in [-0.2, -0.15) is 0 Å². The van der Waals surface area contributed by atoms with Crippen LogP contribution in [0.1, 0.15) is 16.7 Å². The zero-order chi connectivity index (χ0) is 12.1. The molecule has 1 aromatic rings. The van der Waals surface area contributed by atoms with E-state index in [0.29, 0.717) is 0 Å². The average Bonchev–Trinajstić information content (AvgIpc) is 2.26. The van der Waals surface area contributed by atoms with Crippen LogP contribution in [0.4, 0.5) is 5.69 Å². The molecular formula is C13H19NO2. The summed E-state index contributed by atoms with van der Waals surface area (Å²) in [6.45, 7) is 4.05. The topological polar surface area (TPSA) is 44.5 Å². The minimum atomic E-state index is -0.333. The van der Waals surface area contributed by atoms with Gasteiger partial charge in [-0.3, -0.25) is 0 Å². The summed E-state index contributed by atoms with van der Waals surface area (Å²) in [5, 5.41) is 0. The lowest BCUT2D eigenvalue weighted by Crippen LogP contribution is -2.08. The molecule has 1 aromatic carbocycles. The van der Waals surface area contributed by atoms with E-state index < -0.39 is 0 Å². The molecule has 0 aliphatic carbocycles. The Morgan fingerprint density at radius 3 is 2.38 bits per heavy atom. The second-order valence-corrected chi connectivity index (χ2v) is 3.78. The van der Waals surface area contributed by atoms with Crippen molar-refractivity contribution in [3.05, 3.63) is 34.9 Å². The van der Waals surface area contributed by atoms with Crippen LogP contribution in [0, 0.1) is 13.8 Å². The van der Waals surface area contributed by atoms with Gasteiger partial charge < -0.3 is 15.2 Å². The maximum Gasteiger partial charge on any atom is 0.176 e. The Labute approximate surface area is 96.9 Å². The largest absolute Gasteiger partial charge is 0.398 e. The molecule has 0 spiro atoms. The summed E-state index contributed by atoms with van der Waals surface area (Å²) in [5.74, 6) is 0. The SMILES string of the molecule is COC(C=Cc1cc(C)cc(C)c1N)OC. The molecule has 3 heteroatoms. The number of hydrogen-bond acceptors (Lipinski definition) is 3. The normalized spacial score (nSPS) is 11.6. The summed E-state index contributed by atoms with van der Waals surface area (Å²) in [4.78, 5) is 0. The zero-order valence-electron chi connectivity index (χ0n) is 10.3. The number of hydrogen-bond donors (Lipinski definition) is 1. The highest BCUT2D eigenvalue weighted by Gasteiger charge is 2.02. The van der Waals surface area contributed by atoms with Crippen molar-refractivity contribution in [1.29, 1.82) is 0 Å². The maximum atomic E-state index is 5.99. The summed E-state index contributed by atoms with van der Waals surface area (Å²) in [5.41, 5.74) is 10.1. The summed E-state index contributed by atoms with van der Waals surface area (Å²) < 4.78 is 10.1. The molecule has 0 atom stereocenters. The first kappa shape index (κ1) is 12.7. The molecule has 0 saturated heterocycles. The molecule has 0 radical (unpaired) electrons. The number of methoxy groups -OCH3 is 2. The molecular weight excluding hydrogens is 202 g/mol. The van der Waals surface area contributed by atoms with E-state index in [1.807, 2.05) is 32.1 Å². The first-order valence-electron chi connectivity index (χ1n) is 5.19. The number of nitrogen functional groups attached to an aromatic ring is 1. The number of anilines is 1. The third-order valence-electron chi connectivity index (χ3n) is 2.46. The lowest BCUT2D eigenvalue weighted by atomic mass is 10.0. The van der Waals surface area contributed by atoms with Gasteiger partial charge in [0.1, 0.15) is 0 Å². The molecule has 88 valence electrons. The molecule has 1 rings (SSSR count). The fraction of sp³-hybridized carbons (Fsp3) is 0.385. The Bertz CT molecular complexity index is 382. The van der Waals surface area contributed by atoms with Crippen LogP contribution in [0.3, 0.4) is 0 Å². The molecule has 0 aliphatic heterocycles. The fourth-order valence-electron chi connectivity index (χ4n) is 1.59. The average molecular weight is 221 g/mol. The van der Waals surface area contributed by atoms with E-state index in [-0.39, 0.29) is 6.29 Å². The minimum absolute atomic E-state index is 0.333. The highest BCUT2D eigenvalue weighted by atomic mass is 16.7. The van der Waals surface area contributed by atoms with Gasteiger partial charge in [-0.15, -0.1) is 0 Å². The van der Waals surface area contributed by atoms with E-state index in [1.165, 1.54) is 5.56 Å². The number of ether oxygens (including phenoxy) is 2. The van der Waals surface area contributed by atoms with Crippen LogP contribution >= 0.6 is 0 Å². The first-order chi connectivity index (χ1) is 7.58. The van der Waals surface area contributed by atoms with Crippen molar-refractivity contribution in [2.24, 2.45) is 0 Å². The monoisotopic (exact) mass is 221 g/mol. The van der Waals surface area contributed by atoms with Gasteiger partial charge in [0.25, 0.3) is 0 Å². The lowest BCUT2D eigenvalue weighted by Gasteiger charge is -2.09. The van der Waals surface area contributed by atoms with Gasteiger partial charge in [0.15, 0.2) is 6.29 Å². The Morgan fingerprint density at radius 2 is 1.81 bits per heavy atom. The predicted molar refractivity (Wildman–Crippen MR) is 67.2 cm³/mol. The van der Waals surface area contributed by atoms with E-state index in [2.05, 4.69) is 6.07 Å². The van der Waals surface area contributed by atoms with Crippen molar-refractivity contribution in [3.63, 3.8) is 0 Å². The molecule has 0 bridgehead atoms. The Hall–Kier alpha value is -1.32. The highest BCUT2D eigenvalue weighted by molar-refractivity contribution is 5.68. The Kier molecular flexibility index (Phi) is 4.52. The molecule has 0 aliphatic rings. The van der Waals surface area contributed by atoms with Crippen molar-refractivity contribution in [2.45, 2.75) is 20.1 Å². The molecule has 0 saturated carbocycles. The number of nitrogens with two attached hydrogens (primary N) is 1. The van der Waals surface area contributed by atoms with E-state index in [0.717, 1.165) is 16.8 Å². The maximum absolute atomic E-state index is 5.99. The molecule has 16 heavy (non-hydrogen) atoms. The zero-order valence-corrected chi connectivity index (χ0v) is 10.3. The van der Waals surface area contributed by atoms with Crippen LogP contribution in [0.15, 0.2) is 18.2 Å². The molecule has 0 unspecified atom stereocenters. The standard InChI is InChI=1S/C13H19NO2/c1-9-7-10(2)13(14)11(8-9)5-6-12(15-3)16-4/h5-8,12H,14H2,1-4H3. The molecule has 0 heterocycles. The molecule has 0 fully saturated rings. The van der Waals surface area contributed by atoms with Gasteiger partial charge >= 0.3 is 0 Å². The third kappa shape index (κ3) is 3.08. The van der Waals surface area contributed by atoms with Crippen LogP contribution in [0.2, 0.25) is 0 Å². The van der Waals surface area contributed by atoms with Gasteiger partial charge in [0.2, 0.25) is 0 Å². The quantitative estimate of drug-likeness (QED) is 0.627. The van der Waals surface area contributed by atoms with Crippen LogP contribution < -0.4 is 5.73 Å². The molecule has 0 aromatic heterocycles. The second kappa shape index (κ2) is 5.68. The summed E-state index contributed by atoms with van der Waals surface area (Å²) in [7, 11) is 3.20. The number of aryl methyl sites for hydroxylation is 2. The molecule has 0 amide bonds. The highest BCUT2D eigenvalue weighted by Crippen LogP contribution is 2.20. The van der Waals surface area contributed by atoms with E-state index in [4.69, 9.17) is 15.2 Å². The first-order valence-corrected chi connectivity index (χ1v) is 5.19. The van der Waals surface area contributed by atoms with E-state index in [1.54, 1.807) is 14.2 Å². The second-order valence-electron chi connectivity index (χ2n) is 3.78. The van der Waals surface area contributed by atoms with Crippen molar-refractivity contribution in [1.82, 2.24) is 0 Å². The van der Waals surface area contributed by atoms with Crippen LogP contribution in [0.25, 0.3) is 6.08 Å². The van der Waals surface area contributed by atoms with Crippen LogP contribution in [-0.4, -0.2) is 20.5 Å². The van der Waals surface area contributed by atoms with Gasteiger partial charge in [-0.05, 0) is 37.1 Å². The van der Waals surface area contributed by atoms with Gasteiger partial charge in [-0.25, -0.2) is 0 Å².